The predicted molar refractivity (Wildman–Crippen MR) is 163 cm³/mol. The number of nitrogens with one attached hydrogen (secondary N) is 1. The normalized spacial score (nSPS) is 27.3. The molecular weight excluding hydrogens is 667 g/mol. The van der Waals surface area contributed by atoms with Crippen LogP contribution in [0.2, 0.25) is 0 Å². The van der Waals surface area contributed by atoms with Gasteiger partial charge in [0, 0.05) is 43.4 Å². The number of nitrogens with two attached hydrogens (primary N) is 1. The summed E-state index contributed by atoms with van der Waals surface area (Å²) in [5, 5.41) is 20.9. The summed E-state index contributed by atoms with van der Waals surface area (Å²) in [6, 6.07) is 2.70. The number of anilines is 1. The Bertz CT molecular complexity index is 1720. The van der Waals surface area contributed by atoms with Crippen LogP contribution in [-0.2, 0) is 37.3 Å². The zero-order valence-electron chi connectivity index (χ0n) is 25.4. The van der Waals surface area contributed by atoms with Crippen LogP contribution in [0.3, 0.4) is 0 Å². The van der Waals surface area contributed by atoms with Gasteiger partial charge in [-0.3, -0.25) is 28.0 Å². The van der Waals surface area contributed by atoms with Crippen LogP contribution < -0.4 is 17.0 Å². The summed E-state index contributed by atoms with van der Waals surface area (Å²) in [6.07, 6.45) is -4.83. The van der Waals surface area contributed by atoms with E-state index in [0.717, 1.165) is 10.6 Å². The van der Waals surface area contributed by atoms with Gasteiger partial charge < -0.3 is 39.6 Å². The van der Waals surface area contributed by atoms with Crippen molar-refractivity contribution in [3.63, 3.8) is 0 Å². The number of carbonyl (C=O) groups is 1. The molecule has 258 valence electrons. The molecule has 5 N–H and O–H groups in total. The van der Waals surface area contributed by atoms with Crippen molar-refractivity contribution in [1.29, 1.82) is 0 Å². The number of aliphatic hydroxyl groups is 2. The molecule has 0 aromatic carbocycles. The molecule has 0 spiro atoms. The van der Waals surface area contributed by atoms with E-state index >= 15 is 0 Å². The van der Waals surface area contributed by atoms with E-state index in [1.165, 1.54) is 25.8 Å². The van der Waals surface area contributed by atoms with Gasteiger partial charge in [0.15, 0.2) is 17.8 Å². The average Bonchev–Trinajstić information content (AvgIpc) is 3.71. The third kappa shape index (κ3) is 7.87. The van der Waals surface area contributed by atoms with Crippen LogP contribution in [0, 0.1) is 0 Å². The molecule has 8 atom stereocenters. The highest BCUT2D eigenvalue weighted by Gasteiger charge is 2.51. The van der Waals surface area contributed by atoms with Crippen LogP contribution in [0.25, 0.3) is 11.2 Å². The Balaban J connectivity index is 1.34. The Kier molecular flexibility index (Phi) is 11.0. The minimum absolute atomic E-state index is 0.114. The summed E-state index contributed by atoms with van der Waals surface area (Å²) in [5.74, 6) is -0.536. The number of hydrogen-bond acceptors (Lipinski definition) is 17. The number of ether oxygens (including phenoxy) is 5. The summed E-state index contributed by atoms with van der Waals surface area (Å²) in [4.78, 5) is 46.8. The second-order valence-corrected chi connectivity index (χ2v) is 14.7. The Hall–Kier alpha value is -3.33. The lowest BCUT2D eigenvalue weighted by molar-refractivity contribution is -0.0625. The largest absolute Gasteiger partial charge is 0.509 e. The molecule has 21 heteroatoms. The minimum atomic E-state index is -4.37. The molecule has 2 aliphatic heterocycles. The summed E-state index contributed by atoms with van der Waals surface area (Å²) >= 11 is 0.483. The number of rotatable bonds is 13. The first-order valence-corrected chi connectivity index (χ1v) is 17.5. The van der Waals surface area contributed by atoms with Gasteiger partial charge in [-0.15, -0.1) is 0 Å². The third-order valence-corrected chi connectivity index (χ3v) is 10.6. The maximum atomic E-state index is 14.2. The van der Waals surface area contributed by atoms with Gasteiger partial charge in [0.25, 0.3) is 5.56 Å². The fourth-order valence-electron chi connectivity index (χ4n) is 5.06. The van der Waals surface area contributed by atoms with Crippen molar-refractivity contribution in [3.05, 3.63) is 51.7 Å². The number of aliphatic hydroxyl groups excluding tert-OH is 2. The van der Waals surface area contributed by atoms with Gasteiger partial charge in [0.2, 0.25) is 0 Å². The average molecular weight is 703 g/mol. The lowest BCUT2D eigenvalue weighted by atomic mass is 10.1. The van der Waals surface area contributed by atoms with Crippen molar-refractivity contribution in [2.45, 2.75) is 69.3 Å². The third-order valence-electron chi connectivity index (χ3n) is 7.24. The van der Waals surface area contributed by atoms with Gasteiger partial charge in [0.05, 0.1) is 37.4 Å². The second-order valence-electron chi connectivity index (χ2n) is 10.7. The van der Waals surface area contributed by atoms with Gasteiger partial charge >= 0.3 is 18.6 Å². The number of hydrogen-bond donors (Lipinski definition) is 4. The van der Waals surface area contributed by atoms with Crippen LogP contribution in [0.15, 0.2) is 40.4 Å². The van der Waals surface area contributed by atoms with Gasteiger partial charge in [0.1, 0.15) is 36.2 Å². The Morgan fingerprint density at radius 3 is 2.70 bits per heavy atom. The smallest absolute Gasteiger partial charge is 0.432 e. The van der Waals surface area contributed by atoms with Crippen molar-refractivity contribution in [3.8, 4) is 0 Å². The number of imidazole rings is 1. The number of pyridine rings is 1. The van der Waals surface area contributed by atoms with Crippen LogP contribution in [0.1, 0.15) is 32.7 Å². The summed E-state index contributed by atoms with van der Waals surface area (Å²) in [7, 11) is 1.28. The van der Waals surface area contributed by atoms with Crippen molar-refractivity contribution in [2.24, 2.45) is 0 Å². The van der Waals surface area contributed by atoms with E-state index < -0.39 is 92.4 Å². The van der Waals surface area contributed by atoms with Crippen LogP contribution in [0.4, 0.5) is 10.5 Å². The zero-order chi connectivity index (χ0) is 33.9. The maximum absolute atomic E-state index is 14.2. The fourth-order valence-corrected chi connectivity index (χ4v) is 7.85. The molecule has 2 aliphatic rings. The summed E-state index contributed by atoms with van der Waals surface area (Å²) in [5.41, 5.74) is 5.84. The first kappa shape index (κ1) is 35.0. The van der Waals surface area contributed by atoms with Gasteiger partial charge in [-0.2, -0.15) is 0 Å². The van der Waals surface area contributed by atoms with Gasteiger partial charge in [-0.25, -0.2) is 24.1 Å². The Morgan fingerprint density at radius 1 is 1.21 bits per heavy atom. The van der Waals surface area contributed by atoms with Crippen LogP contribution in [0.5, 0.6) is 0 Å². The SMILES string of the molecule is CO[C@H]1C(O[P@](=O)(OC[C@H]2O[C@@H](n3cnc4c(N)ccnc43)CC2O)SCOC(=O)OC(C)C)[C@@H](CO)O[C@H]1n1ccc(=O)[nH]c1=O. The van der Waals surface area contributed by atoms with E-state index in [1.54, 1.807) is 24.5 Å². The second kappa shape index (κ2) is 14.8. The molecule has 5 rings (SSSR count). The lowest BCUT2D eigenvalue weighted by Gasteiger charge is -2.28. The standard InChI is InChI=1S/C26H35N6O13PS/c1-13(2)42-26(37)40-12-47-46(38,45-21-16(9-33)44-24(22(21)39-3)31-7-5-18(35)30-25(31)36)41-10-17-15(34)8-19(43-17)32-11-29-20-14(27)4-6-28-23(20)32/h4-7,11,13,15-17,19,21-22,24,33-34H,8-10,12H2,1-3H3,(H2,27,28)(H,30,35,36)/t15?,16-,17-,19-,21?,22+,24-,46+/m1/s1. The van der Waals surface area contributed by atoms with Crippen LogP contribution in [-0.4, -0.2) is 103 Å². The first-order valence-electron chi connectivity index (χ1n) is 14.3. The number of nitrogens with zero attached hydrogens (tertiary/aromatic N) is 4. The minimum Gasteiger partial charge on any atom is -0.432 e. The van der Waals surface area contributed by atoms with Crippen molar-refractivity contribution in [2.75, 3.05) is 32.0 Å². The number of carbonyl (C=O) groups excluding carboxylic acids is 1. The predicted octanol–water partition coefficient (Wildman–Crippen LogP) is 0.879. The van der Waals surface area contributed by atoms with E-state index in [-0.39, 0.29) is 6.42 Å². The number of aromatic nitrogens is 5. The van der Waals surface area contributed by atoms with Gasteiger partial charge in [-0.05, 0) is 19.9 Å². The number of nitrogen functional groups attached to an aromatic ring is 1. The fraction of sp³-hybridized carbons (Fsp3) is 0.577. The molecule has 2 fully saturated rings. The molecule has 0 bridgehead atoms. The highest BCUT2D eigenvalue weighted by molar-refractivity contribution is 8.55. The molecule has 2 saturated heterocycles. The molecule has 47 heavy (non-hydrogen) atoms. The lowest BCUT2D eigenvalue weighted by Crippen LogP contribution is -2.39. The van der Waals surface area contributed by atoms with Crippen molar-refractivity contribution < 1.29 is 52.3 Å². The molecule has 0 radical (unpaired) electrons. The van der Waals surface area contributed by atoms with Crippen molar-refractivity contribution in [1.82, 2.24) is 24.1 Å². The first-order chi connectivity index (χ1) is 22.4. The highest BCUT2D eigenvalue weighted by atomic mass is 32.7. The monoisotopic (exact) mass is 702 g/mol. The zero-order valence-corrected chi connectivity index (χ0v) is 27.2. The number of aromatic amines is 1. The van der Waals surface area contributed by atoms with Gasteiger partial charge in [-0.1, -0.05) is 0 Å². The molecule has 19 nitrogen and oxygen atoms in total. The molecule has 0 aliphatic carbocycles. The molecule has 2 unspecified atom stereocenters. The molecule has 0 amide bonds. The molecular formula is C26H35N6O13PS. The number of H-pyrrole nitrogens is 1. The Labute approximate surface area is 270 Å². The van der Waals surface area contributed by atoms with E-state index in [1.807, 2.05) is 0 Å². The van der Waals surface area contributed by atoms with Crippen molar-refractivity contribution >= 4 is 41.2 Å². The summed E-state index contributed by atoms with van der Waals surface area (Å²) < 4.78 is 55.9. The molecule has 5 heterocycles. The molecule has 3 aromatic heterocycles. The van der Waals surface area contributed by atoms with E-state index in [4.69, 9.17) is 38.5 Å². The molecule has 3 aromatic rings. The van der Waals surface area contributed by atoms with E-state index in [9.17, 15) is 29.2 Å². The summed E-state index contributed by atoms with van der Waals surface area (Å²) in [6.45, 7) is -2.23. The Morgan fingerprint density at radius 2 is 2.00 bits per heavy atom. The highest BCUT2D eigenvalue weighted by Crippen LogP contribution is 2.63. The van der Waals surface area contributed by atoms with E-state index in [2.05, 4.69) is 15.0 Å². The maximum Gasteiger partial charge on any atom is 0.509 e. The quantitative estimate of drug-likeness (QED) is 0.110. The molecule has 0 saturated carbocycles. The number of methoxy groups -OCH3 is 1. The van der Waals surface area contributed by atoms with E-state index in [0.29, 0.717) is 28.2 Å². The number of fused-ring (bicyclic) bond motifs is 1. The topological polar surface area (TPSA) is 251 Å². The van der Waals surface area contributed by atoms with Crippen LogP contribution >= 0.6 is 18.2 Å².